The second kappa shape index (κ2) is 4.34. The molecule has 18 heavy (non-hydrogen) atoms. The number of rotatable bonds is 2. The zero-order valence-electron chi connectivity index (χ0n) is 9.51. The molecule has 0 N–H and O–H groups in total. The minimum absolute atomic E-state index is 0.124. The highest BCUT2D eigenvalue weighted by molar-refractivity contribution is 7.89. The second-order valence-electron chi connectivity index (χ2n) is 4.85. The van der Waals surface area contributed by atoms with Crippen LogP contribution in [0.3, 0.4) is 0 Å². The van der Waals surface area contributed by atoms with E-state index in [1.807, 2.05) is 0 Å². The molecule has 1 saturated heterocycles. The van der Waals surface area contributed by atoms with E-state index in [0.29, 0.717) is 12.5 Å². The zero-order chi connectivity index (χ0) is 12.9. The average Bonchev–Trinajstić information content (AvgIpc) is 2.94. The van der Waals surface area contributed by atoms with Gasteiger partial charge in [-0.1, -0.05) is 23.2 Å². The number of piperidine rings is 1. The molecule has 0 amide bonds. The lowest BCUT2D eigenvalue weighted by molar-refractivity contribution is 0.333. The van der Waals surface area contributed by atoms with Crippen molar-refractivity contribution in [2.45, 2.75) is 30.2 Å². The van der Waals surface area contributed by atoms with Gasteiger partial charge in [0.05, 0.1) is 5.02 Å². The van der Waals surface area contributed by atoms with Gasteiger partial charge >= 0.3 is 0 Å². The molecule has 1 saturated carbocycles. The van der Waals surface area contributed by atoms with Gasteiger partial charge < -0.3 is 0 Å². The Morgan fingerprint density at radius 2 is 2.11 bits per heavy atom. The summed E-state index contributed by atoms with van der Waals surface area (Å²) in [6.45, 7) is 0.618. The molecule has 7 heteroatoms. The Balaban J connectivity index is 1.97. The van der Waals surface area contributed by atoms with Crippen molar-refractivity contribution in [3.8, 4) is 0 Å². The van der Waals surface area contributed by atoms with Gasteiger partial charge in [-0.3, -0.25) is 0 Å². The van der Waals surface area contributed by atoms with Crippen molar-refractivity contribution in [2.24, 2.45) is 5.92 Å². The fourth-order valence-electron chi connectivity index (χ4n) is 2.85. The van der Waals surface area contributed by atoms with Crippen molar-refractivity contribution in [2.75, 3.05) is 6.54 Å². The van der Waals surface area contributed by atoms with Gasteiger partial charge in [0.25, 0.3) is 0 Å². The molecule has 2 aliphatic rings. The third kappa shape index (κ3) is 1.93. The molecule has 2 fully saturated rings. The topological polar surface area (TPSA) is 50.3 Å². The molecule has 2 atom stereocenters. The van der Waals surface area contributed by atoms with Crippen LogP contribution < -0.4 is 0 Å². The quantitative estimate of drug-likeness (QED) is 0.789. The Labute approximate surface area is 116 Å². The van der Waals surface area contributed by atoms with Crippen LogP contribution in [0.25, 0.3) is 0 Å². The molecule has 2 heterocycles. The van der Waals surface area contributed by atoms with E-state index >= 15 is 0 Å². The van der Waals surface area contributed by atoms with E-state index in [9.17, 15) is 8.42 Å². The molecule has 1 aliphatic carbocycles. The standard InChI is InChI=1S/C11H12Cl2N2O2S/c12-10-4-9(5-14-11(10)13)18(16,17)15-6-7-1-2-8(15)3-7/h4-5,7-8H,1-3,6H2. The highest BCUT2D eigenvalue weighted by atomic mass is 35.5. The van der Waals surface area contributed by atoms with Crippen LogP contribution in [0.2, 0.25) is 10.2 Å². The van der Waals surface area contributed by atoms with E-state index in [1.54, 1.807) is 4.31 Å². The van der Waals surface area contributed by atoms with E-state index in [-0.39, 0.29) is 21.1 Å². The predicted molar refractivity (Wildman–Crippen MR) is 69.3 cm³/mol. The van der Waals surface area contributed by atoms with Gasteiger partial charge in [-0.25, -0.2) is 13.4 Å². The minimum Gasteiger partial charge on any atom is -0.242 e. The fourth-order valence-corrected chi connectivity index (χ4v) is 4.90. The zero-order valence-corrected chi connectivity index (χ0v) is 11.8. The first-order valence-electron chi connectivity index (χ1n) is 5.81. The fraction of sp³-hybridized carbons (Fsp3) is 0.545. The first kappa shape index (κ1) is 12.7. The molecular formula is C11H12Cl2N2O2S. The molecule has 2 bridgehead atoms. The van der Waals surface area contributed by atoms with E-state index in [4.69, 9.17) is 23.2 Å². The van der Waals surface area contributed by atoms with Gasteiger partial charge in [0.1, 0.15) is 10.0 Å². The molecule has 0 spiro atoms. The summed E-state index contributed by atoms with van der Waals surface area (Å²) in [6.07, 6.45) is 4.35. The van der Waals surface area contributed by atoms with Crippen molar-refractivity contribution >= 4 is 33.2 Å². The number of hydrogen-bond donors (Lipinski definition) is 0. The van der Waals surface area contributed by atoms with E-state index in [1.165, 1.54) is 12.3 Å². The van der Waals surface area contributed by atoms with Crippen LogP contribution in [0.5, 0.6) is 0 Å². The summed E-state index contributed by atoms with van der Waals surface area (Å²) in [5.74, 6) is 0.514. The third-order valence-corrected chi connectivity index (χ3v) is 6.31. The number of sulfonamides is 1. The Hall–Kier alpha value is -0.360. The highest BCUT2D eigenvalue weighted by Crippen LogP contribution is 2.40. The van der Waals surface area contributed by atoms with Crippen LogP contribution in [0.1, 0.15) is 19.3 Å². The average molecular weight is 307 g/mol. The maximum atomic E-state index is 12.5. The van der Waals surface area contributed by atoms with Crippen molar-refractivity contribution < 1.29 is 8.42 Å². The molecule has 98 valence electrons. The largest absolute Gasteiger partial charge is 0.244 e. The van der Waals surface area contributed by atoms with Crippen molar-refractivity contribution in [3.63, 3.8) is 0 Å². The van der Waals surface area contributed by atoms with Crippen LogP contribution in [-0.4, -0.2) is 30.3 Å². The monoisotopic (exact) mass is 306 g/mol. The summed E-state index contributed by atoms with van der Waals surface area (Å²) in [5, 5.41) is 0.292. The Morgan fingerprint density at radius 3 is 2.67 bits per heavy atom. The van der Waals surface area contributed by atoms with Gasteiger partial charge in [0, 0.05) is 18.8 Å². The van der Waals surface area contributed by atoms with Crippen LogP contribution in [0.15, 0.2) is 17.2 Å². The Morgan fingerprint density at radius 1 is 1.33 bits per heavy atom. The molecule has 0 aromatic carbocycles. The summed E-state index contributed by atoms with van der Waals surface area (Å²) in [6, 6.07) is 1.52. The SMILES string of the molecule is O=S(=O)(c1cnc(Cl)c(Cl)c1)N1CC2CCC1C2. The molecule has 4 nitrogen and oxygen atoms in total. The van der Waals surface area contributed by atoms with Crippen molar-refractivity contribution in [1.29, 1.82) is 0 Å². The summed E-state index contributed by atoms with van der Waals surface area (Å²) in [5.41, 5.74) is 0. The Bertz CT molecular complexity index is 591. The summed E-state index contributed by atoms with van der Waals surface area (Å²) < 4.78 is 26.5. The van der Waals surface area contributed by atoms with Gasteiger partial charge in [-0.15, -0.1) is 0 Å². The van der Waals surface area contributed by atoms with Gasteiger partial charge in [-0.2, -0.15) is 4.31 Å². The normalized spacial score (nSPS) is 27.9. The molecule has 1 aliphatic heterocycles. The molecule has 1 aromatic rings. The smallest absolute Gasteiger partial charge is 0.242 e. The Kier molecular flexibility index (Phi) is 3.05. The lowest BCUT2D eigenvalue weighted by atomic mass is 10.1. The second-order valence-corrected chi connectivity index (χ2v) is 7.51. The van der Waals surface area contributed by atoms with Gasteiger partial charge in [0.2, 0.25) is 10.0 Å². The number of hydrogen-bond acceptors (Lipinski definition) is 3. The van der Waals surface area contributed by atoms with E-state index < -0.39 is 10.0 Å². The van der Waals surface area contributed by atoms with E-state index in [0.717, 1.165) is 19.3 Å². The molecule has 0 radical (unpaired) electrons. The van der Waals surface area contributed by atoms with E-state index in [2.05, 4.69) is 4.98 Å². The summed E-state index contributed by atoms with van der Waals surface area (Å²) in [7, 11) is -3.48. The third-order valence-electron chi connectivity index (χ3n) is 3.74. The number of nitrogens with zero attached hydrogens (tertiary/aromatic N) is 2. The maximum absolute atomic E-state index is 12.5. The minimum atomic E-state index is -3.48. The van der Waals surface area contributed by atoms with Crippen LogP contribution in [0, 0.1) is 5.92 Å². The number of fused-ring (bicyclic) bond motifs is 2. The lowest BCUT2D eigenvalue weighted by Crippen LogP contribution is -2.37. The maximum Gasteiger partial charge on any atom is 0.244 e. The highest BCUT2D eigenvalue weighted by Gasteiger charge is 2.44. The van der Waals surface area contributed by atoms with Crippen LogP contribution in [0.4, 0.5) is 0 Å². The van der Waals surface area contributed by atoms with Crippen LogP contribution >= 0.6 is 23.2 Å². The van der Waals surface area contributed by atoms with Crippen molar-refractivity contribution in [1.82, 2.24) is 9.29 Å². The first-order valence-corrected chi connectivity index (χ1v) is 8.01. The summed E-state index contributed by atoms with van der Waals surface area (Å²) in [4.78, 5) is 3.94. The lowest BCUT2D eigenvalue weighted by Gasteiger charge is -2.26. The van der Waals surface area contributed by atoms with Gasteiger partial charge in [0.15, 0.2) is 0 Å². The molecular weight excluding hydrogens is 295 g/mol. The number of halogens is 2. The number of aromatic nitrogens is 1. The van der Waals surface area contributed by atoms with Gasteiger partial charge in [-0.05, 0) is 31.2 Å². The van der Waals surface area contributed by atoms with Crippen molar-refractivity contribution in [3.05, 3.63) is 22.4 Å². The predicted octanol–water partition coefficient (Wildman–Crippen LogP) is 2.56. The first-order chi connectivity index (χ1) is 8.48. The van der Waals surface area contributed by atoms with Crippen LogP contribution in [-0.2, 0) is 10.0 Å². The molecule has 2 unspecified atom stereocenters. The summed E-state index contributed by atoms with van der Waals surface area (Å²) >= 11 is 11.5. The molecule has 1 aromatic heterocycles. The number of pyridine rings is 1. The molecule has 3 rings (SSSR count).